The lowest BCUT2D eigenvalue weighted by Gasteiger charge is -2.39. The fourth-order valence-corrected chi connectivity index (χ4v) is 4.80. The summed E-state index contributed by atoms with van der Waals surface area (Å²) in [6, 6.07) is 6.13. The molecule has 2 aliphatic heterocycles. The Morgan fingerprint density at radius 2 is 1.88 bits per heavy atom. The standard InChI is InChI=1S/C19H21N3O2S/c23-18(9-13-5-8-25-12-13)22-16-1-2-17(22)11-15(10-16)21-19(24)14-3-6-20-7-4-14/h3-8,12,15-17H,1-2,9-11H2,(H,21,24)/t15?,16-,17+. The van der Waals surface area contributed by atoms with Gasteiger partial charge in [0.1, 0.15) is 0 Å². The van der Waals surface area contributed by atoms with Crippen molar-refractivity contribution in [2.75, 3.05) is 0 Å². The molecule has 2 saturated heterocycles. The van der Waals surface area contributed by atoms with E-state index in [1.807, 2.05) is 16.8 Å². The number of fused-ring (bicyclic) bond motifs is 2. The summed E-state index contributed by atoms with van der Waals surface area (Å²) in [5, 5.41) is 7.19. The van der Waals surface area contributed by atoms with Crippen LogP contribution in [0.25, 0.3) is 0 Å². The number of thiophene rings is 1. The van der Waals surface area contributed by atoms with Crippen molar-refractivity contribution < 1.29 is 9.59 Å². The maximum Gasteiger partial charge on any atom is 0.251 e. The summed E-state index contributed by atoms with van der Waals surface area (Å²) in [5.74, 6) is 0.176. The Labute approximate surface area is 151 Å². The Hall–Kier alpha value is -2.21. The maximum atomic E-state index is 12.7. The first-order chi connectivity index (χ1) is 12.2. The number of amides is 2. The minimum absolute atomic E-state index is 0.0511. The molecule has 130 valence electrons. The van der Waals surface area contributed by atoms with Crippen LogP contribution >= 0.6 is 11.3 Å². The van der Waals surface area contributed by atoms with Crippen LogP contribution in [0.15, 0.2) is 41.4 Å². The highest BCUT2D eigenvalue weighted by Gasteiger charge is 2.43. The number of nitrogens with one attached hydrogen (secondary N) is 1. The van der Waals surface area contributed by atoms with Crippen LogP contribution in [0, 0.1) is 0 Å². The summed E-state index contributed by atoms with van der Waals surface area (Å²) in [6.45, 7) is 0. The van der Waals surface area contributed by atoms with Gasteiger partial charge in [0.25, 0.3) is 5.91 Å². The molecule has 5 nitrogen and oxygen atoms in total. The molecule has 4 rings (SSSR count). The Morgan fingerprint density at radius 1 is 1.16 bits per heavy atom. The van der Waals surface area contributed by atoms with Crippen molar-refractivity contribution in [2.24, 2.45) is 0 Å². The fourth-order valence-electron chi connectivity index (χ4n) is 4.13. The number of hydrogen-bond donors (Lipinski definition) is 1. The normalized spacial score (nSPS) is 25.0. The van der Waals surface area contributed by atoms with E-state index in [-0.39, 0.29) is 29.9 Å². The van der Waals surface area contributed by atoms with Crippen molar-refractivity contribution in [3.63, 3.8) is 0 Å². The molecule has 2 aromatic heterocycles. The Balaban J connectivity index is 1.38. The predicted octanol–water partition coefficient (Wildman–Crippen LogP) is 2.64. The van der Waals surface area contributed by atoms with E-state index in [0.717, 1.165) is 31.2 Å². The first-order valence-corrected chi connectivity index (χ1v) is 9.68. The van der Waals surface area contributed by atoms with E-state index in [9.17, 15) is 9.59 Å². The molecule has 1 unspecified atom stereocenters. The van der Waals surface area contributed by atoms with Crippen LogP contribution in [-0.2, 0) is 11.2 Å². The van der Waals surface area contributed by atoms with Gasteiger partial charge in [0.2, 0.25) is 5.91 Å². The van der Waals surface area contributed by atoms with Gasteiger partial charge in [0.05, 0.1) is 6.42 Å². The number of pyridine rings is 1. The highest BCUT2D eigenvalue weighted by molar-refractivity contribution is 7.08. The molecule has 2 amide bonds. The van der Waals surface area contributed by atoms with Gasteiger partial charge in [-0.1, -0.05) is 0 Å². The second kappa shape index (κ2) is 6.96. The fraction of sp³-hybridized carbons (Fsp3) is 0.421. The van der Waals surface area contributed by atoms with Gasteiger partial charge in [-0.15, -0.1) is 0 Å². The maximum absolute atomic E-state index is 12.7. The van der Waals surface area contributed by atoms with E-state index in [4.69, 9.17) is 0 Å². The third-order valence-corrected chi connectivity index (χ3v) is 5.97. The lowest BCUT2D eigenvalue weighted by molar-refractivity contribution is -0.135. The van der Waals surface area contributed by atoms with Crippen LogP contribution in [0.2, 0.25) is 0 Å². The van der Waals surface area contributed by atoms with E-state index < -0.39 is 0 Å². The number of piperidine rings is 1. The highest BCUT2D eigenvalue weighted by Crippen LogP contribution is 2.36. The van der Waals surface area contributed by atoms with Gasteiger partial charge in [-0.25, -0.2) is 0 Å². The topological polar surface area (TPSA) is 62.3 Å². The van der Waals surface area contributed by atoms with E-state index in [1.54, 1.807) is 35.9 Å². The summed E-state index contributed by atoms with van der Waals surface area (Å²) in [7, 11) is 0. The number of hydrogen-bond acceptors (Lipinski definition) is 4. The number of aromatic nitrogens is 1. The smallest absolute Gasteiger partial charge is 0.251 e. The molecule has 0 radical (unpaired) electrons. The van der Waals surface area contributed by atoms with Gasteiger partial charge >= 0.3 is 0 Å². The van der Waals surface area contributed by atoms with Crippen LogP contribution in [0.4, 0.5) is 0 Å². The molecule has 2 aliphatic rings. The van der Waals surface area contributed by atoms with E-state index in [1.165, 1.54) is 0 Å². The third-order valence-electron chi connectivity index (χ3n) is 5.23. The minimum atomic E-state index is -0.0511. The zero-order valence-corrected chi connectivity index (χ0v) is 14.7. The van der Waals surface area contributed by atoms with Crippen LogP contribution in [0.3, 0.4) is 0 Å². The van der Waals surface area contributed by atoms with Crippen LogP contribution in [0.5, 0.6) is 0 Å². The van der Waals surface area contributed by atoms with Crippen LogP contribution in [0.1, 0.15) is 41.6 Å². The summed E-state index contributed by atoms with van der Waals surface area (Å²) in [5.41, 5.74) is 1.74. The van der Waals surface area contributed by atoms with Crippen molar-refractivity contribution in [3.8, 4) is 0 Å². The number of carbonyl (C=O) groups excluding carboxylic acids is 2. The molecule has 0 spiro atoms. The summed E-state index contributed by atoms with van der Waals surface area (Å²) < 4.78 is 0. The lowest BCUT2D eigenvalue weighted by Crippen LogP contribution is -2.52. The molecule has 25 heavy (non-hydrogen) atoms. The van der Waals surface area contributed by atoms with Crippen molar-refractivity contribution >= 4 is 23.2 Å². The van der Waals surface area contributed by atoms with Gasteiger partial charge in [0, 0.05) is 36.1 Å². The molecule has 2 aromatic rings. The monoisotopic (exact) mass is 355 g/mol. The molecular formula is C19H21N3O2S. The quantitative estimate of drug-likeness (QED) is 0.917. The molecule has 6 heteroatoms. The van der Waals surface area contributed by atoms with Gasteiger partial charge in [-0.05, 0) is 60.2 Å². The largest absolute Gasteiger partial charge is 0.349 e. The molecule has 1 N–H and O–H groups in total. The van der Waals surface area contributed by atoms with Gasteiger partial charge in [0.15, 0.2) is 0 Å². The molecule has 3 atom stereocenters. The molecular weight excluding hydrogens is 334 g/mol. The summed E-state index contributed by atoms with van der Waals surface area (Å²) >= 11 is 1.63. The Morgan fingerprint density at radius 3 is 2.52 bits per heavy atom. The van der Waals surface area contributed by atoms with Gasteiger partial charge in [-0.3, -0.25) is 14.6 Å². The number of rotatable bonds is 4. The molecule has 0 saturated carbocycles. The Bertz CT molecular complexity index is 733. The molecule has 0 aliphatic carbocycles. The average molecular weight is 355 g/mol. The molecule has 0 aromatic carbocycles. The first kappa shape index (κ1) is 16.3. The van der Waals surface area contributed by atoms with E-state index >= 15 is 0 Å². The minimum Gasteiger partial charge on any atom is -0.349 e. The SMILES string of the molecule is O=C(NC1C[C@H]2CC[C@@H](C1)N2C(=O)Cc1ccsc1)c1ccncc1. The van der Waals surface area contributed by atoms with Crippen molar-refractivity contribution in [2.45, 2.75) is 50.2 Å². The van der Waals surface area contributed by atoms with Crippen molar-refractivity contribution in [3.05, 3.63) is 52.5 Å². The van der Waals surface area contributed by atoms with Crippen molar-refractivity contribution in [1.82, 2.24) is 15.2 Å². The predicted molar refractivity (Wildman–Crippen MR) is 96.4 cm³/mol. The molecule has 4 heterocycles. The Kier molecular flexibility index (Phi) is 4.53. The second-order valence-corrected chi connectivity index (χ2v) is 7.65. The van der Waals surface area contributed by atoms with E-state index in [0.29, 0.717) is 12.0 Å². The molecule has 2 bridgehead atoms. The average Bonchev–Trinajstić information content (AvgIpc) is 3.22. The first-order valence-electron chi connectivity index (χ1n) is 8.74. The van der Waals surface area contributed by atoms with Crippen molar-refractivity contribution in [1.29, 1.82) is 0 Å². The van der Waals surface area contributed by atoms with Gasteiger partial charge < -0.3 is 10.2 Å². The second-order valence-electron chi connectivity index (χ2n) is 6.87. The summed E-state index contributed by atoms with van der Waals surface area (Å²) in [4.78, 5) is 31.1. The van der Waals surface area contributed by atoms with E-state index in [2.05, 4.69) is 15.2 Å². The summed E-state index contributed by atoms with van der Waals surface area (Å²) in [6.07, 6.45) is 7.54. The zero-order valence-electron chi connectivity index (χ0n) is 13.9. The van der Waals surface area contributed by atoms with Gasteiger partial charge in [-0.2, -0.15) is 11.3 Å². The molecule has 2 fully saturated rings. The number of carbonyl (C=O) groups is 2. The lowest BCUT2D eigenvalue weighted by atomic mass is 9.96. The highest BCUT2D eigenvalue weighted by atomic mass is 32.1. The van der Waals surface area contributed by atoms with Crippen LogP contribution < -0.4 is 5.32 Å². The number of nitrogens with zero attached hydrogens (tertiary/aromatic N) is 2. The zero-order chi connectivity index (χ0) is 17.2. The van der Waals surface area contributed by atoms with Crippen LogP contribution in [-0.4, -0.2) is 39.8 Å². The third kappa shape index (κ3) is 3.44.